The third kappa shape index (κ3) is 4.94. The van der Waals surface area contributed by atoms with Crippen LogP contribution in [0, 0.1) is 19.7 Å². The van der Waals surface area contributed by atoms with Gasteiger partial charge in [-0.2, -0.15) is 0 Å². The Morgan fingerprint density at radius 2 is 1.59 bits per heavy atom. The van der Waals surface area contributed by atoms with Crippen LogP contribution in [-0.4, -0.2) is 0 Å². The zero-order chi connectivity index (χ0) is 19.4. The Balaban J connectivity index is 1.68. The summed E-state index contributed by atoms with van der Waals surface area (Å²) in [6.45, 7) is 5.04. The molecule has 2 nitrogen and oxygen atoms in total. The van der Waals surface area contributed by atoms with Crippen molar-refractivity contribution in [2.45, 2.75) is 27.0 Å². The highest BCUT2D eigenvalue weighted by Gasteiger charge is 2.11. The van der Waals surface area contributed by atoms with Crippen LogP contribution in [0.1, 0.15) is 22.3 Å². The Kier molecular flexibility index (Phi) is 6.25. The molecule has 0 fully saturated rings. The standard InChI is InChI=1S/C22H20Cl2FNO/c1-14-4-3-5-21(15(14)2)26-12-17-10-19(23)22(20(24)11-17)27-13-16-6-8-18(25)9-7-16/h3-11,26H,12-13H2,1-2H3. The molecule has 0 saturated carbocycles. The van der Waals surface area contributed by atoms with Crippen LogP contribution in [0.2, 0.25) is 10.0 Å². The van der Waals surface area contributed by atoms with Crippen molar-refractivity contribution >= 4 is 28.9 Å². The van der Waals surface area contributed by atoms with Crippen molar-refractivity contribution < 1.29 is 9.13 Å². The molecule has 0 aliphatic heterocycles. The Morgan fingerprint density at radius 3 is 2.26 bits per heavy atom. The van der Waals surface area contributed by atoms with Crippen molar-refractivity contribution in [1.29, 1.82) is 0 Å². The van der Waals surface area contributed by atoms with Crippen LogP contribution in [0.3, 0.4) is 0 Å². The molecular weight excluding hydrogens is 384 g/mol. The average molecular weight is 404 g/mol. The smallest absolute Gasteiger partial charge is 0.156 e. The first kappa shape index (κ1) is 19.5. The maximum Gasteiger partial charge on any atom is 0.156 e. The summed E-state index contributed by atoms with van der Waals surface area (Å²) in [7, 11) is 0. The van der Waals surface area contributed by atoms with E-state index < -0.39 is 0 Å². The second-order valence-electron chi connectivity index (χ2n) is 6.40. The number of hydrogen-bond acceptors (Lipinski definition) is 2. The second kappa shape index (κ2) is 8.64. The van der Waals surface area contributed by atoms with Gasteiger partial charge in [-0.05, 0) is 66.4 Å². The van der Waals surface area contributed by atoms with E-state index in [9.17, 15) is 4.39 Å². The largest absolute Gasteiger partial charge is 0.486 e. The van der Waals surface area contributed by atoms with Crippen molar-refractivity contribution in [2.24, 2.45) is 0 Å². The van der Waals surface area contributed by atoms with Crippen molar-refractivity contribution in [2.75, 3.05) is 5.32 Å². The summed E-state index contributed by atoms with van der Waals surface area (Å²) >= 11 is 12.7. The molecule has 0 aliphatic rings. The van der Waals surface area contributed by atoms with Crippen LogP contribution in [-0.2, 0) is 13.2 Å². The van der Waals surface area contributed by atoms with E-state index >= 15 is 0 Å². The lowest BCUT2D eigenvalue weighted by atomic mass is 10.1. The third-order valence-corrected chi connectivity index (χ3v) is 5.00. The lowest BCUT2D eigenvalue weighted by Crippen LogP contribution is -2.03. The van der Waals surface area contributed by atoms with Gasteiger partial charge in [-0.3, -0.25) is 0 Å². The van der Waals surface area contributed by atoms with Gasteiger partial charge in [0.1, 0.15) is 12.4 Å². The highest BCUT2D eigenvalue weighted by Crippen LogP contribution is 2.35. The molecule has 0 spiro atoms. The third-order valence-electron chi connectivity index (χ3n) is 4.44. The van der Waals surface area contributed by atoms with E-state index in [4.69, 9.17) is 27.9 Å². The van der Waals surface area contributed by atoms with Gasteiger partial charge in [0.05, 0.1) is 10.0 Å². The summed E-state index contributed by atoms with van der Waals surface area (Å²) in [6.07, 6.45) is 0. The molecule has 0 radical (unpaired) electrons. The number of halogens is 3. The molecule has 0 aromatic heterocycles. The quantitative estimate of drug-likeness (QED) is 0.481. The van der Waals surface area contributed by atoms with Crippen molar-refractivity contribution in [3.63, 3.8) is 0 Å². The maximum absolute atomic E-state index is 13.0. The summed E-state index contributed by atoms with van der Waals surface area (Å²) in [6, 6.07) is 16.0. The van der Waals surface area contributed by atoms with Gasteiger partial charge in [0, 0.05) is 12.2 Å². The van der Waals surface area contributed by atoms with Gasteiger partial charge >= 0.3 is 0 Å². The van der Waals surface area contributed by atoms with Crippen LogP contribution in [0.15, 0.2) is 54.6 Å². The van der Waals surface area contributed by atoms with E-state index in [1.807, 2.05) is 24.3 Å². The Hall–Kier alpha value is -2.23. The van der Waals surface area contributed by atoms with Gasteiger partial charge in [-0.1, -0.05) is 47.5 Å². The molecule has 0 atom stereocenters. The monoisotopic (exact) mass is 403 g/mol. The first-order valence-electron chi connectivity index (χ1n) is 8.59. The minimum absolute atomic E-state index is 0.264. The zero-order valence-corrected chi connectivity index (χ0v) is 16.7. The Bertz CT molecular complexity index is 919. The van der Waals surface area contributed by atoms with Crippen molar-refractivity contribution in [1.82, 2.24) is 0 Å². The molecule has 0 saturated heterocycles. The average Bonchev–Trinajstić information content (AvgIpc) is 2.64. The van der Waals surface area contributed by atoms with Gasteiger partial charge in [0.25, 0.3) is 0 Å². The van der Waals surface area contributed by atoms with Gasteiger partial charge in [-0.15, -0.1) is 0 Å². The highest BCUT2D eigenvalue weighted by atomic mass is 35.5. The number of nitrogens with one attached hydrogen (secondary N) is 1. The normalized spacial score (nSPS) is 10.7. The first-order valence-corrected chi connectivity index (χ1v) is 9.35. The molecular formula is C22H20Cl2FNO. The lowest BCUT2D eigenvalue weighted by molar-refractivity contribution is 0.306. The molecule has 3 aromatic carbocycles. The molecule has 0 aliphatic carbocycles. The molecule has 140 valence electrons. The minimum atomic E-state index is -0.282. The van der Waals surface area contributed by atoms with Gasteiger partial charge < -0.3 is 10.1 Å². The summed E-state index contributed by atoms with van der Waals surface area (Å²) in [4.78, 5) is 0. The second-order valence-corrected chi connectivity index (χ2v) is 7.22. The molecule has 0 amide bonds. The van der Waals surface area contributed by atoms with E-state index in [0.717, 1.165) is 16.8 Å². The van der Waals surface area contributed by atoms with Gasteiger partial charge in [0.15, 0.2) is 5.75 Å². The minimum Gasteiger partial charge on any atom is -0.486 e. The number of aryl methyl sites for hydroxylation is 1. The summed E-state index contributed by atoms with van der Waals surface area (Å²) in [5, 5.41) is 4.31. The number of ether oxygens (including phenoxy) is 1. The van der Waals surface area contributed by atoms with Gasteiger partial charge in [0.2, 0.25) is 0 Å². The molecule has 0 unspecified atom stereocenters. The van der Waals surface area contributed by atoms with E-state index in [1.54, 1.807) is 12.1 Å². The zero-order valence-electron chi connectivity index (χ0n) is 15.2. The SMILES string of the molecule is Cc1cccc(NCc2cc(Cl)c(OCc3ccc(F)cc3)c(Cl)c2)c1C. The fourth-order valence-electron chi connectivity index (χ4n) is 2.73. The maximum atomic E-state index is 13.0. The van der Waals surface area contributed by atoms with Gasteiger partial charge in [-0.25, -0.2) is 4.39 Å². The topological polar surface area (TPSA) is 21.3 Å². The fraction of sp³-hybridized carbons (Fsp3) is 0.182. The number of anilines is 1. The highest BCUT2D eigenvalue weighted by molar-refractivity contribution is 6.37. The van der Waals surface area contributed by atoms with E-state index in [1.165, 1.54) is 23.3 Å². The van der Waals surface area contributed by atoms with Crippen molar-refractivity contribution in [3.8, 4) is 5.75 Å². The molecule has 0 bridgehead atoms. The number of rotatable bonds is 6. The molecule has 3 aromatic rings. The Morgan fingerprint density at radius 1 is 0.926 bits per heavy atom. The molecule has 1 N–H and O–H groups in total. The summed E-state index contributed by atoms with van der Waals surface area (Å²) in [5.41, 5.74) is 5.33. The lowest BCUT2D eigenvalue weighted by Gasteiger charge is -2.14. The van der Waals surface area contributed by atoms with Crippen LogP contribution in [0.4, 0.5) is 10.1 Å². The first-order chi connectivity index (χ1) is 12.9. The van der Waals surface area contributed by atoms with E-state index in [0.29, 0.717) is 22.3 Å². The Labute approximate surface area is 168 Å². The van der Waals surface area contributed by atoms with Crippen LogP contribution < -0.4 is 10.1 Å². The summed E-state index contributed by atoms with van der Waals surface area (Å²) < 4.78 is 18.7. The molecule has 5 heteroatoms. The van der Waals surface area contributed by atoms with Crippen molar-refractivity contribution in [3.05, 3.63) is 92.7 Å². The van der Waals surface area contributed by atoms with Crippen LogP contribution in [0.25, 0.3) is 0 Å². The molecule has 0 heterocycles. The molecule has 27 heavy (non-hydrogen) atoms. The van der Waals surface area contributed by atoms with Crippen LogP contribution in [0.5, 0.6) is 5.75 Å². The predicted molar refractivity (Wildman–Crippen MR) is 110 cm³/mol. The number of benzene rings is 3. The fourth-order valence-corrected chi connectivity index (χ4v) is 3.37. The van der Waals surface area contributed by atoms with E-state index in [-0.39, 0.29) is 12.4 Å². The summed E-state index contributed by atoms with van der Waals surface area (Å²) in [5.74, 6) is 0.147. The van der Waals surface area contributed by atoms with Crippen LogP contribution >= 0.6 is 23.2 Å². The van der Waals surface area contributed by atoms with E-state index in [2.05, 4.69) is 25.2 Å². The predicted octanol–water partition coefficient (Wildman–Crippen LogP) is 6.94. The number of hydrogen-bond donors (Lipinski definition) is 1. The molecule has 3 rings (SSSR count).